The van der Waals surface area contributed by atoms with Gasteiger partial charge in [-0.3, -0.25) is 14.6 Å². The minimum atomic E-state index is -1.36. The predicted molar refractivity (Wildman–Crippen MR) is 60.0 cm³/mol. The molecule has 0 fully saturated rings. The first-order chi connectivity index (χ1) is 8.90. The van der Waals surface area contributed by atoms with Crippen molar-refractivity contribution in [3.8, 4) is 0 Å². The summed E-state index contributed by atoms with van der Waals surface area (Å²) in [7, 11) is 0. The van der Waals surface area contributed by atoms with E-state index in [1.54, 1.807) is 0 Å². The zero-order valence-corrected chi connectivity index (χ0v) is 9.67. The number of hydrogen-bond donors (Lipinski definition) is 3. The number of carbonyl (C=O) groups excluding carboxylic acids is 1. The second kappa shape index (κ2) is 6.43. The van der Waals surface area contributed by atoms with Crippen LogP contribution in [0.15, 0.2) is 18.5 Å². The van der Waals surface area contributed by atoms with Gasteiger partial charge in [0.1, 0.15) is 11.9 Å². The van der Waals surface area contributed by atoms with E-state index in [9.17, 15) is 18.8 Å². The van der Waals surface area contributed by atoms with E-state index < -0.39 is 36.1 Å². The van der Waals surface area contributed by atoms with Gasteiger partial charge in [0.25, 0.3) is 5.91 Å². The number of halogens is 1. The molecule has 3 N–H and O–H groups in total. The third kappa shape index (κ3) is 4.70. The van der Waals surface area contributed by atoms with Gasteiger partial charge in [-0.25, -0.2) is 9.18 Å². The van der Waals surface area contributed by atoms with Gasteiger partial charge in [0.2, 0.25) is 0 Å². The zero-order valence-electron chi connectivity index (χ0n) is 9.67. The molecule has 0 bridgehead atoms. The maximum atomic E-state index is 12.8. The summed E-state index contributed by atoms with van der Waals surface area (Å²) in [6.07, 6.45) is 1.31. The molecule has 0 aliphatic carbocycles. The Labute approximate surface area is 107 Å². The first-order valence-electron chi connectivity index (χ1n) is 5.26. The predicted octanol–water partition coefficient (Wildman–Crippen LogP) is 0.268. The van der Waals surface area contributed by atoms with Gasteiger partial charge in [-0.15, -0.1) is 0 Å². The number of rotatable bonds is 6. The molecule has 1 amide bonds. The second-order valence-corrected chi connectivity index (χ2v) is 3.69. The summed E-state index contributed by atoms with van der Waals surface area (Å²) >= 11 is 0. The van der Waals surface area contributed by atoms with Crippen LogP contribution >= 0.6 is 0 Å². The van der Waals surface area contributed by atoms with Crippen molar-refractivity contribution in [2.24, 2.45) is 0 Å². The van der Waals surface area contributed by atoms with Gasteiger partial charge >= 0.3 is 11.9 Å². The molecule has 0 aliphatic heterocycles. The summed E-state index contributed by atoms with van der Waals surface area (Å²) in [5.74, 6) is -4.10. The van der Waals surface area contributed by atoms with Gasteiger partial charge in [0.05, 0.1) is 11.8 Å². The lowest BCUT2D eigenvalue weighted by Gasteiger charge is -2.13. The Bertz CT molecular complexity index is 506. The highest BCUT2D eigenvalue weighted by molar-refractivity contribution is 5.96. The molecular weight excluding hydrogens is 259 g/mol. The van der Waals surface area contributed by atoms with Crippen LogP contribution in [-0.2, 0) is 9.59 Å². The number of aliphatic carboxylic acids is 2. The highest BCUT2D eigenvalue weighted by Gasteiger charge is 2.21. The third-order valence-corrected chi connectivity index (χ3v) is 2.22. The smallest absolute Gasteiger partial charge is 0.326 e. The molecule has 0 spiro atoms. The number of nitrogens with one attached hydrogen (secondary N) is 1. The lowest BCUT2D eigenvalue weighted by atomic mass is 10.1. The molecule has 19 heavy (non-hydrogen) atoms. The molecule has 0 saturated heterocycles. The molecule has 1 aromatic heterocycles. The Morgan fingerprint density at radius 2 is 2.00 bits per heavy atom. The van der Waals surface area contributed by atoms with E-state index in [-0.39, 0.29) is 12.0 Å². The molecule has 0 saturated carbocycles. The summed E-state index contributed by atoms with van der Waals surface area (Å²) in [6.45, 7) is 0. The number of carbonyl (C=O) groups is 3. The fourth-order valence-corrected chi connectivity index (χ4v) is 1.30. The Balaban J connectivity index is 2.71. The molecule has 8 heteroatoms. The van der Waals surface area contributed by atoms with Crippen LogP contribution in [0, 0.1) is 5.82 Å². The Hall–Kier alpha value is -2.51. The van der Waals surface area contributed by atoms with Crippen LogP contribution in [0.4, 0.5) is 4.39 Å². The van der Waals surface area contributed by atoms with Crippen LogP contribution in [0.5, 0.6) is 0 Å². The lowest BCUT2D eigenvalue weighted by Crippen LogP contribution is -2.41. The molecule has 0 radical (unpaired) electrons. The van der Waals surface area contributed by atoms with E-state index in [2.05, 4.69) is 10.3 Å². The van der Waals surface area contributed by atoms with Crippen molar-refractivity contribution in [3.05, 3.63) is 29.8 Å². The van der Waals surface area contributed by atoms with E-state index in [1.165, 1.54) is 0 Å². The monoisotopic (exact) mass is 270 g/mol. The summed E-state index contributed by atoms with van der Waals surface area (Å²) in [5.41, 5.74) is -0.137. The topological polar surface area (TPSA) is 117 Å². The molecule has 1 heterocycles. The minimum Gasteiger partial charge on any atom is -0.481 e. The SMILES string of the molecule is O=C(O)CC[C@H](NC(=O)c1cncc(F)c1)C(=O)O. The number of carboxylic acids is 2. The fourth-order valence-electron chi connectivity index (χ4n) is 1.30. The number of pyridine rings is 1. The van der Waals surface area contributed by atoms with Gasteiger partial charge in [0.15, 0.2) is 0 Å². The maximum absolute atomic E-state index is 12.8. The first kappa shape index (κ1) is 14.6. The molecule has 102 valence electrons. The van der Waals surface area contributed by atoms with Gasteiger partial charge in [-0.2, -0.15) is 0 Å². The third-order valence-electron chi connectivity index (χ3n) is 2.22. The Morgan fingerprint density at radius 1 is 1.32 bits per heavy atom. The van der Waals surface area contributed by atoms with Crippen LogP contribution in [0.25, 0.3) is 0 Å². The minimum absolute atomic E-state index is 0.137. The number of amides is 1. The molecule has 0 unspecified atom stereocenters. The van der Waals surface area contributed by atoms with E-state index in [4.69, 9.17) is 10.2 Å². The zero-order chi connectivity index (χ0) is 14.4. The number of hydrogen-bond acceptors (Lipinski definition) is 4. The number of carboxylic acid groups (broad SMARTS) is 2. The average molecular weight is 270 g/mol. The summed E-state index contributed by atoms with van der Waals surface area (Å²) in [4.78, 5) is 36.3. The van der Waals surface area contributed by atoms with E-state index >= 15 is 0 Å². The summed E-state index contributed by atoms with van der Waals surface area (Å²) in [5, 5.41) is 19.4. The Morgan fingerprint density at radius 3 is 2.53 bits per heavy atom. The standard InChI is InChI=1S/C11H11FN2O5/c12-7-3-6(4-13-5-7)10(17)14-8(11(18)19)1-2-9(15)16/h3-5,8H,1-2H2,(H,14,17)(H,15,16)(H,18,19)/t8-/m0/s1. The number of nitrogens with zero attached hydrogens (tertiary/aromatic N) is 1. The van der Waals surface area contributed by atoms with Crippen LogP contribution in [0.1, 0.15) is 23.2 Å². The lowest BCUT2D eigenvalue weighted by molar-refractivity contribution is -0.140. The van der Waals surface area contributed by atoms with Crippen molar-refractivity contribution in [1.29, 1.82) is 0 Å². The molecule has 1 atom stereocenters. The van der Waals surface area contributed by atoms with Gasteiger partial charge in [-0.05, 0) is 12.5 Å². The van der Waals surface area contributed by atoms with Crippen LogP contribution < -0.4 is 5.32 Å². The highest BCUT2D eigenvalue weighted by Crippen LogP contribution is 2.04. The molecule has 0 aliphatic rings. The van der Waals surface area contributed by atoms with Crippen molar-refractivity contribution in [3.63, 3.8) is 0 Å². The Kier molecular flexibility index (Phi) is 4.92. The molecule has 0 aromatic carbocycles. The van der Waals surface area contributed by atoms with E-state index in [0.29, 0.717) is 0 Å². The maximum Gasteiger partial charge on any atom is 0.326 e. The fraction of sp³-hybridized carbons (Fsp3) is 0.273. The summed E-state index contributed by atoms with van der Waals surface area (Å²) in [6, 6.07) is -0.454. The largest absolute Gasteiger partial charge is 0.481 e. The first-order valence-corrected chi connectivity index (χ1v) is 5.26. The van der Waals surface area contributed by atoms with Crippen LogP contribution in [0.3, 0.4) is 0 Å². The van der Waals surface area contributed by atoms with Gasteiger partial charge in [-0.1, -0.05) is 0 Å². The van der Waals surface area contributed by atoms with Crippen LogP contribution in [-0.4, -0.2) is 39.1 Å². The van der Waals surface area contributed by atoms with Crippen LogP contribution in [0.2, 0.25) is 0 Å². The normalized spacial score (nSPS) is 11.6. The molecular formula is C11H11FN2O5. The average Bonchev–Trinajstić information content (AvgIpc) is 2.33. The van der Waals surface area contributed by atoms with Crippen molar-refractivity contribution in [1.82, 2.24) is 10.3 Å². The van der Waals surface area contributed by atoms with Crippen molar-refractivity contribution in [2.45, 2.75) is 18.9 Å². The highest BCUT2D eigenvalue weighted by atomic mass is 19.1. The molecule has 1 aromatic rings. The molecule has 1 rings (SSSR count). The van der Waals surface area contributed by atoms with Gasteiger partial charge < -0.3 is 15.5 Å². The second-order valence-electron chi connectivity index (χ2n) is 3.69. The van der Waals surface area contributed by atoms with E-state index in [0.717, 1.165) is 18.5 Å². The van der Waals surface area contributed by atoms with E-state index in [1.807, 2.05) is 0 Å². The summed E-state index contributed by atoms with van der Waals surface area (Å²) < 4.78 is 12.8. The van der Waals surface area contributed by atoms with Crippen molar-refractivity contribution in [2.75, 3.05) is 0 Å². The van der Waals surface area contributed by atoms with Crippen molar-refractivity contribution < 1.29 is 29.0 Å². The van der Waals surface area contributed by atoms with Crippen molar-refractivity contribution >= 4 is 17.8 Å². The van der Waals surface area contributed by atoms with Gasteiger partial charge in [0, 0.05) is 12.6 Å². The quantitative estimate of drug-likeness (QED) is 0.683. The number of aromatic nitrogens is 1. The molecule has 7 nitrogen and oxygen atoms in total.